The van der Waals surface area contributed by atoms with Crippen LogP contribution in [0, 0.1) is 0 Å². The van der Waals surface area contributed by atoms with Crippen LogP contribution in [0.25, 0.3) is 0 Å². The molecule has 2 aromatic rings. The Morgan fingerprint density at radius 3 is 2.76 bits per heavy atom. The molecule has 1 amide bonds. The van der Waals surface area contributed by atoms with Crippen molar-refractivity contribution >= 4 is 27.8 Å². The van der Waals surface area contributed by atoms with Gasteiger partial charge >= 0.3 is 5.97 Å². The molecular formula is C12H10BrN5O3. The number of carboxylic acids is 1. The zero-order valence-corrected chi connectivity index (χ0v) is 12.3. The van der Waals surface area contributed by atoms with E-state index in [0.29, 0.717) is 23.3 Å². The number of aromatic carboxylic acids is 1. The van der Waals surface area contributed by atoms with E-state index in [1.54, 1.807) is 23.2 Å². The maximum atomic E-state index is 12.2. The molecule has 0 spiro atoms. The molecule has 1 saturated heterocycles. The molecule has 2 aromatic heterocycles. The first-order valence-electron chi connectivity index (χ1n) is 6.11. The third-order valence-electron chi connectivity index (χ3n) is 3.21. The van der Waals surface area contributed by atoms with Gasteiger partial charge in [0.15, 0.2) is 5.69 Å². The van der Waals surface area contributed by atoms with Crippen molar-refractivity contribution in [2.45, 2.75) is 6.04 Å². The second kappa shape index (κ2) is 5.24. The predicted octanol–water partition coefficient (Wildman–Crippen LogP) is 0.831. The fourth-order valence-corrected chi connectivity index (χ4v) is 2.46. The summed E-state index contributed by atoms with van der Waals surface area (Å²) < 4.78 is 2.12. The summed E-state index contributed by atoms with van der Waals surface area (Å²) >= 11 is 3.29. The van der Waals surface area contributed by atoms with Gasteiger partial charge in [0.2, 0.25) is 0 Å². The molecule has 1 aliphatic heterocycles. The minimum atomic E-state index is -1.12. The second-order valence-electron chi connectivity index (χ2n) is 4.59. The quantitative estimate of drug-likeness (QED) is 0.878. The Kier molecular flexibility index (Phi) is 3.42. The molecule has 3 rings (SSSR count). The number of amides is 1. The number of rotatable bonds is 3. The summed E-state index contributed by atoms with van der Waals surface area (Å²) in [6.45, 7) is 0.897. The maximum absolute atomic E-state index is 12.2. The van der Waals surface area contributed by atoms with Gasteiger partial charge in [0, 0.05) is 23.8 Å². The number of carbonyl (C=O) groups excluding carboxylic acids is 1. The summed E-state index contributed by atoms with van der Waals surface area (Å²) in [6.07, 6.45) is 2.93. The van der Waals surface area contributed by atoms with Gasteiger partial charge < -0.3 is 10.0 Å². The largest absolute Gasteiger partial charge is 0.476 e. The van der Waals surface area contributed by atoms with Crippen LogP contribution in [0.2, 0.25) is 0 Å². The number of carboxylic acid groups (broad SMARTS) is 1. The summed E-state index contributed by atoms with van der Waals surface area (Å²) in [6, 6.07) is 3.44. The normalized spacial score (nSPS) is 14.8. The Balaban J connectivity index is 1.66. The molecule has 0 unspecified atom stereocenters. The Hall–Kier alpha value is -2.29. The molecule has 108 valence electrons. The molecule has 0 saturated carbocycles. The molecule has 1 fully saturated rings. The Morgan fingerprint density at radius 1 is 1.38 bits per heavy atom. The first-order valence-corrected chi connectivity index (χ1v) is 6.90. The molecule has 0 aliphatic carbocycles. The van der Waals surface area contributed by atoms with Crippen LogP contribution >= 0.6 is 15.9 Å². The highest BCUT2D eigenvalue weighted by molar-refractivity contribution is 9.10. The number of likely N-dealkylation sites (tertiary alicyclic amines) is 1. The van der Waals surface area contributed by atoms with Crippen LogP contribution in [0.4, 0.5) is 0 Å². The fraction of sp³-hybridized carbons (Fsp3) is 0.250. The molecule has 0 atom stereocenters. The second-order valence-corrected chi connectivity index (χ2v) is 5.44. The Labute approximate surface area is 127 Å². The van der Waals surface area contributed by atoms with Gasteiger partial charge in [-0.2, -0.15) is 0 Å². The monoisotopic (exact) mass is 351 g/mol. The van der Waals surface area contributed by atoms with Gasteiger partial charge in [-0.1, -0.05) is 5.21 Å². The molecule has 0 bridgehead atoms. The summed E-state index contributed by atoms with van der Waals surface area (Å²) in [5.74, 6) is -1.29. The number of nitrogens with zero attached hydrogens (tertiary/aromatic N) is 5. The van der Waals surface area contributed by atoms with Crippen LogP contribution in [-0.2, 0) is 0 Å². The van der Waals surface area contributed by atoms with Gasteiger partial charge in [0.25, 0.3) is 5.91 Å². The topological polar surface area (TPSA) is 101 Å². The smallest absolute Gasteiger partial charge is 0.358 e. The molecule has 1 aliphatic rings. The summed E-state index contributed by atoms with van der Waals surface area (Å²) in [4.78, 5) is 28.7. The number of aromatic nitrogens is 4. The van der Waals surface area contributed by atoms with Crippen LogP contribution in [0.5, 0.6) is 0 Å². The molecule has 1 N–H and O–H groups in total. The van der Waals surface area contributed by atoms with Crippen molar-refractivity contribution in [2.75, 3.05) is 13.1 Å². The fourth-order valence-electron chi connectivity index (χ4n) is 2.03. The number of carbonyl (C=O) groups is 2. The van der Waals surface area contributed by atoms with E-state index in [4.69, 9.17) is 5.11 Å². The molecule has 3 heterocycles. The van der Waals surface area contributed by atoms with Crippen LogP contribution in [0.15, 0.2) is 29.0 Å². The van der Waals surface area contributed by atoms with Crippen molar-refractivity contribution in [2.24, 2.45) is 0 Å². The zero-order valence-electron chi connectivity index (χ0n) is 10.7. The highest BCUT2D eigenvalue weighted by atomic mass is 79.9. The van der Waals surface area contributed by atoms with E-state index in [9.17, 15) is 9.59 Å². The van der Waals surface area contributed by atoms with Crippen molar-refractivity contribution in [3.8, 4) is 0 Å². The van der Waals surface area contributed by atoms with Gasteiger partial charge in [-0.3, -0.25) is 4.79 Å². The molecule has 0 radical (unpaired) electrons. The summed E-state index contributed by atoms with van der Waals surface area (Å²) in [5, 5.41) is 16.1. The lowest BCUT2D eigenvalue weighted by molar-refractivity contribution is 0.0490. The van der Waals surface area contributed by atoms with Crippen LogP contribution < -0.4 is 0 Å². The standard InChI is InChI=1S/C12H10BrN5O3/c13-8-2-1-3-14-10(8)11(19)17-4-7(5-17)18-6-9(12(20)21)15-16-18/h1-3,6-7H,4-5H2,(H,20,21). The maximum Gasteiger partial charge on any atom is 0.358 e. The summed E-state index contributed by atoms with van der Waals surface area (Å²) in [5.41, 5.74) is 0.257. The van der Waals surface area contributed by atoms with E-state index in [1.807, 2.05) is 0 Å². The lowest BCUT2D eigenvalue weighted by Crippen LogP contribution is -2.51. The lowest BCUT2D eigenvalue weighted by atomic mass is 10.1. The highest BCUT2D eigenvalue weighted by Gasteiger charge is 2.34. The van der Waals surface area contributed by atoms with Gasteiger partial charge in [-0.15, -0.1) is 5.10 Å². The number of pyridine rings is 1. The van der Waals surface area contributed by atoms with Crippen LogP contribution in [-0.4, -0.2) is 55.0 Å². The lowest BCUT2D eigenvalue weighted by Gasteiger charge is -2.38. The highest BCUT2D eigenvalue weighted by Crippen LogP contribution is 2.24. The van der Waals surface area contributed by atoms with Gasteiger partial charge in [0.1, 0.15) is 5.69 Å². The van der Waals surface area contributed by atoms with Crippen molar-refractivity contribution in [1.29, 1.82) is 0 Å². The van der Waals surface area contributed by atoms with E-state index in [-0.39, 0.29) is 17.6 Å². The SMILES string of the molecule is O=C(O)c1cn(C2CN(C(=O)c3ncccc3Br)C2)nn1. The average molecular weight is 352 g/mol. The third-order valence-corrected chi connectivity index (χ3v) is 3.85. The number of hydrogen-bond donors (Lipinski definition) is 1. The van der Waals surface area contributed by atoms with Gasteiger partial charge in [-0.25, -0.2) is 14.5 Å². The molecule has 9 heteroatoms. The minimum Gasteiger partial charge on any atom is -0.476 e. The third kappa shape index (κ3) is 2.51. The van der Waals surface area contributed by atoms with Gasteiger partial charge in [0.05, 0.1) is 12.2 Å². The zero-order chi connectivity index (χ0) is 15.0. The van der Waals surface area contributed by atoms with Crippen molar-refractivity contribution in [1.82, 2.24) is 24.9 Å². The minimum absolute atomic E-state index is 0.0583. The van der Waals surface area contributed by atoms with Crippen molar-refractivity contribution in [3.63, 3.8) is 0 Å². The average Bonchev–Trinajstić information content (AvgIpc) is 2.87. The van der Waals surface area contributed by atoms with Crippen LogP contribution in [0.1, 0.15) is 27.0 Å². The van der Waals surface area contributed by atoms with E-state index >= 15 is 0 Å². The van der Waals surface area contributed by atoms with E-state index in [2.05, 4.69) is 31.2 Å². The predicted molar refractivity (Wildman–Crippen MR) is 73.9 cm³/mol. The van der Waals surface area contributed by atoms with E-state index in [1.165, 1.54) is 10.9 Å². The molecule has 0 aromatic carbocycles. The first kappa shape index (κ1) is 13.7. The molecule has 21 heavy (non-hydrogen) atoms. The molecule has 8 nitrogen and oxygen atoms in total. The first-order chi connectivity index (χ1) is 10.1. The van der Waals surface area contributed by atoms with Gasteiger partial charge in [-0.05, 0) is 28.1 Å². The molecular weight excluding hydrogens is 342 g/mol. The van der Waals surface area contributed by atoms with Crippen molar-refractivity contribution < 1.29 is 14.7 Å². The van der Waals surface area contributed by atoms with E-state index < -0.39 is 5.97 Å². The summed E-state index contributed by atoms with van der Waals surface area (Å²) in [7, 11) is 0. The van der Waals surface area contributed by atoms with Crippen LogP contribution in [0.3, 0.4) is 0 Å². The Bertz CT molecular complexity index is 710. The Morgan fingerprint density at radius 2 is 2.14 bits per heavy atom. The van der Waals surface area contributed by atoms with E-state index in [0.717, 1.165) is 0 Å². The number of halogens is 1. The number of hydrogen-bond acceptors (Lipinski definition) is 5. The van der Waals surface area contributed by atoms with Crippen molar-refractivity contribution in [3.05, 3.63) is 40.4 Å².